The molecular weight excluding hydrogens is 475 g/mol. The fourth-order valence-electron chi connectivity index (χ4n) is 2.88. The molecule has 0 aromatic heterocycles. The molecule has 0 spiro atoms. The van der Waals surface area contributed by atoms with E-state index in [0.717, 1.165) is 0 Å². The van der Waals surface area contributed by atoms with E-state index in [1.165, 1.54) is 0 Å². The summed E-state index contributed by atoms with van der Waals surface area (Å²) in [5.74, 6) is -34.7. The Bertz CT molecular complexity index is 1160. The Morgan fingerprint density at radius 2 is 0.438 bits per heavy atom. The van der Waals surface area contributed by atoms with Crippen molar-refractivity contribution in [3.05, 3.63) is 81.2 Å². The minimum Gasteiger partial charge on any atom is -0.206 e. The van der Waals surface area contributed by atoms with Gasteiger partial charge in [0, 0.05) is 5.56 Å². The van der Waals surface area contributed by atoms with Crippen LogP contribution in [-0.4, -0.2) is 0 Å². The molecule has 0 radical (unpaired) electrons. The van der Waals surface area contributed by atoms with Crippen LogP contribution < -0.4 is 0 Å². The molecular formula is C19H3F13. The molecule has 3 aromatic carbocycles. The van der Waals surface area contributed by atoms with Gasteiger partial charge in [-0.25, -0.2) is 57.1 Å². The van der Waals surface area contributed by atoms with Gasteiger partial charge in [0.05, 0.1) is 22.3 Å². The quantitative estimate of drug-likeness (QED) is 0.209. The molecule has 0 fully saturated rings. The minimum atomic E-state index is -2.77. The van der Waals surface area contributed by atoms with E-state index in [1.807, 2.05) is 0 Å². The Kier molecular flexibility index (Phi) is 5.64. The lowest BCUT2D eigenvalue weighted by Crippen LogP contribution is -2.11. The van der Waals surface area contributed by atoms with E-state index in [-0.39, 0.29) is 0 Å². The predicted molar refractivity (Wildman–Crippen MR) is 81.5 cm³/mol. The molecule has 170 valence electrons. The lowest BCUT2D eigenvalue weighted by Gasteiger charge is -2.17. The molecule has 0 unspecified atom stereocenters. The predicted octanol–water partition coefficient (Wildman–Crippen LogP) is 7.14. The Labute approximate surface area is 168 Å². The van der Waals surface area contributed by atoms with Crippen LogP contribution in [0.1, 0.15) is 5.56 Å². The molecule has 0 heterocycles. The summed E-state index contributed by atoms with van der Waals surface area (Å²) in [6.45, 7) is 0.384. The zero-order valence-electron chi connectivity index (χ0n) is 14.9. The van der Waals surface area contributed by atoms with Gasteiger partial charge in [-0.05, 0) is 6.92 Å². The third kappa shape index (κ3) is 3.01. The summed E-state index contributed by atoms with van der Waals surface area (Å²) >= 11 is 0. The number of benzene rings is 3. The first kappa shape index (κ1) is 23.4. The van der Waals surface area contributed by atoms with Crippen LogP contribution in [0.25, 0.3) is 22.3 Å². The topological polar surface area (TPSA) is 0 Å². The average Bonchev–Trinajstić information content (AvgIpc) is 2.76. The maximum atomic E-state index is 15.0. The first-order chi connectivity index (χ1) is 14.7. The standard InChI is InChI=1S/C19H3F13/c1-2-7(20)3(5-10(23)14(27)18(31)15(28)11(5)24)9(22)4(8(2)21)6-12(25)16(29)19(32)17(30)13(6)26/h1H3. The van der Waals surface area contributed by atoms with Crippen LogP contribution in [0.15, 0.2) is 0 Å². The van der Waals surface area contributed by atoms with Crippen LogP contribution >= 0.6 is 0 Å². The van der Waals surface area contributed by atoms with Crippen molar-refractivity contribution in [2.75, 3.05) is 0 Å². The molecule has 0 N–H and O–H groups in total. The fraction of sp³-hybridized carbons (Fsp3) is 0.0526. The number of hydrogen-bond donors (Lipinski definition) is 0. The molecule has 13 heteroatoms. The average molecular weight is 478 g/mol. The molecule has 0 nitrogen and oxygen atoms in total. The Morgan fingerprint density at radius 1 is 0.250 bits per heavy atom. The highest BCUT2D eigenvalue weighted by molar-refractivity contribution is 5.78. The Hall–Kier alpha value is -3.25. The molecule has 3 aromatic rings. The summed E-state index contributed by atoms with van der Waals surface area (Å²) in [5, 5.41) is 0. The summed E-state index contributed by atoms with van der Waals surface area (Å²) in [6.07, 6.45) is 0. The van der Waals surface area contributed by atoms with Crippen LogP contribution in [0.3, 0.4) is 0 Å². The van der Waals surface area contributed by atoms with Crippen LogP contribution in [0.5, 0.6) is 0 Å². The highest BCUT2D eigenvalue weighted by Crippen LogP contribution is 2.43. The van der Waals surface area contributed by atoms with E-state index in [0.29, 0.717) is 6.92 Å². The van der Waals surface area contributed by atoms with E-state index >= 15 is 0 Å². The van der Waals surface area contributed by atoms with Crippen molar-refractivity contribution >= 4 is 0 Å². The second-order valence-electron chi connectivity index (χ2n) is 6.21. The van der Waals surface area contributed by atoms with Gasteiger partial charge in [-0.3, -0.25) is 0 Å². The van der Waals surface area contributed by atoms with Gasteiger partial charge >= 0.3 is 0 Å². The summed E-state index contributed by atoms with van der Waals surface area (Å²) in [7, 11) is 0. The first-order valence-electron chi connectivity index (χ1n) is 7.96. The van der Waals surface area contributed by atoms with Gasteiger partial charge in [-0.15, -0.1) is 0 Å². The molecule has 0 aliphatic rings. The normalized spacial score (nSPS) is 11.4. The fourth-order valence-corrected chi connectivity index (χ4v) is 2.88. The number of halogens is 13. The van der Waals surface area contributed by atoms with E-state index in [2.05, 4.69) is 0 Å². The van der Waals surface area contributed by atoms with Gasteiger partial charge < -0.3 is 0 Å². The van der Waals surface area contributed by atoms with Gasteiger partial charge in [0.25, 0.3) is 0 Å². The molecule has 32 heavy (non-hydrogen) atoms. The van der Waals surface area contributed by atoms with Crippen LogP contribution in [0.2, 0.25) is 0 Å². The molecule has 0 aliphatic carbocycles. The van der Waals surface area contributed by atoms with Crippen molar-refractivity contribution in [3.8, 4) is 22.3 Å². The smallest absolute Gasteiger partial charge is 0.200 e. The zero-order chi connectivity index (χ0) is 24.4. The highest BCUT2D eigenvalue weighted by atomic mass is 19.2. The Balaban J connectivity index is 2.59. The monoisotopic (exact) mass is 478 g/mol. The van der Waals surface area contributed by atoms with Gasteiger partial charge in [0.1, 0.15) is 17.5 Å². The van der Waals surface area contributed by atoms with Crippen LogP contribution in [0.4, 0.5) is 57.1 Å². The second-order valence-corrected chi connectivity index (χ2v) is 6.21. The highest BCUT2D eigenvalue weighted by Gasteiger charge is 2.36. The minimum absolute atomic E-state index is 0.384. The second kappa shape index (κ2) is 7.71. The molecule has 0 amide bonds. The maximum Gasteiger partial charge on any atom is 0.200 e. The molecule has 0 atom stereocenters. The zero-order valence-corrected chi connectivity index (χ0v) is 14.9. The molecule has 0 bridgehead atoms. The van der Waals surface area contributed by atoms with Crippen molar-refractivity contribution in [2.45, 2.75) is 6.92 Å². The summed E-state index contributed by atoms with van der Waals surface area (Å²) in [4.78, 5) is 0. The first-order valence-corrected chi connectivity index (χ1v) is 7.96. The van der Waals surface area contributed by atoms with Crippen molar-refractivity contribution in [3.63, 3.8) is 0 Å². The molecule has 0 saturated carbocycles. The van der Waals surface area contributed by atoms with Crippen LogP contribution in [0, 0.1) is 82.5 Å². The van der Waals surface area contributed by atoms with Gasteiger partial charge in [-0.1, -0.05) is 0 Å². The van der Waals surface area contributed by atoms with Crippen molar-refractivity contribution in [1.82, 2.24) is 0 Å². The van der Waals surface area contributed by atoms with Crippen LogP contribution in [-0.2, 0) is 0 Å². The summed E-state index contributed by atoms with van der Waals surface area (Å²) in [6, 6.07) is 0. The largest absolute Gasteiger partial charge is 0.206 e. The maximum absolute atomic E-state index is 15.0. The molecule has 0 saturated heterocycles. The van der Waals surface area contributed by atoms with E-state index in [9.17, 15) is 57.1 Å². The lowest BCUT2D eigenvalue weighted by atomic mass is 9.92. The van der Waals surface area contributed by atoms with E-state index in [1.54, 1.807) is 0 Å². The van der Waals surface area contributed by atoms with Crippen molar-refractivity contribution < 1.29 is 57.1 Å². The summed E-state index contributed by atoms with van der Waals surface area (Å²) in [5.41, 5.74) is -10.5. The van der Waals surface area contributed by atoms with Crippen molar-refractivity contribution in [2.24, 2.45) is 0 Å². The van der Waals surface area contributed by atoms with E-state index in [4.69, 9.17) is 0 Å². The number of hydrogen-bond acceptors (Lipinski definition) is 0. The van der Waals surface area contributed by atoms with Gasteiger partial charge in [0.15, 0.2) is 46.5 Å². The Morgan fingerprint density at radius 3 is 0.688 bits per heavy atom. The van der Waals surface area contributed by atoms with Crippen molar-refractivity contribution in [1.29, 1.82) is 0 Å². The van der Waals surface area contributed by atoms with E-state index < -0.39 is 103 Å². The SMILES string of the molecule is Cc1c(F)c(-c2c(F)c(F)c(F)c(F)c2F)c(F)c(-c2c(F)c(F)c(F)c(F)c2F)c1F. The third-order valence-corrected chi connectivity index (χ3v) is 4.46. The van der Waals surface area contributed by atoms with Gasteiger partial charge in [0.2, 0.25) is 11.6 Å². The third-order valence-electron chi connectivity index (χ3n) is 4.46. The molecule has 3 rings (SSSR count). The number of rotatable bonds is 2. The van der Waals surface area contributed by atoms with Gasteiger partial charge in [-0.2, -0.15) is 0 Å². The lowest BCUT2D eigenvalue weighted by molar-refractivity contribution is 0.379. The summed E-state index contributed by atoms with van der Waals surface area (Å²) < 4.78 is 181. The molecule has 0 aliphatic heterocycles.